The fourth-order valence-corrected chi connectivity index (χ4v) is 2.05. The van der Waals surface area contributed by atoms with Crippen LogP contribution in [0.4, 0.5) is 0 Å². The standard InChI is InChI=1S/C16H17BrO4/c1-16(2,3)15(19)20-9-12-8-13(14(18)21-12)10-4-6-11(17)7-5-10/h4-8,12H,9H2,1-3H3/t12-/m1/s1. The van der Waals surface area contributed by atoms with E-state index < -0.39 is 17.5 Å². The van der Waals surface area contributed by atoms with E-state index in [2.05, 4.69) is 15.9 Å². The average molecular weight is 353 g/mol. The maximum absolute atomic E-state index is 11.9. The van der Waals surface area contributed by atoms with Crippen LogP contribution in [0.5, 0.6) is 0 Å². The zero-order valence-corrected chi connectivity index (χ0v) is 13.8. The summed E-state index contributed by atoms with van der Waals surface area (Å²) in [6, 6.07) is 7.38. The first-order valence-corrected chi connectivity index (χ1v) is 7.42. The van der Waals surface area contributed by atoms with Crippen molar-refractivity contribution in [3.63, 3.8) is 0 Å². The number of carbonyl (C=O) groups excluding carboxylic acids is 2. The summed E-state index contributed by atoms with van der Waals surface area (Å²) in [6.07, 6.45) is 1.17. The molecule has 1 aromatic carbocycles. The molecule has 2 rings (SSSR count). The first-order chi connectivity index (χ1) is 9.77. The van der Waals surface area contributed by atoms with Crippen LogP contribution in [0.15, 0.2) is 34.8 Å². The Kier molecular flexibility index (Phi) is 4.52. The summed E-state index contributed by atoms with van der Waals surface area (Å²) in [4.78, 5) is 23.6. The van der Waals surface area contributed by atoms with Gasteiger partial charge in [0.15, 0.2) is 6.10 Å². The molecule has 0 saturated carbocycles. The van der Waals surface area contributed by atoms with Crippen molar-refractivity contribution in [3.8, 4) is 0 Å². The second-order valence-corrected chi connectivity index (χ2v) is 6.80. The number of rotatable bonds is 3. The maximum Gasteiger partial charge on any atom is 0.339 e. The van der Waals surface area contributed by atoms with Crippen LogP contribution in [-0.2, 0) is 19.1 Å². The fraction of sp³-hybridized carbons (Fsp3) is 0.375. The van der Waals surface area contributed by atoms with Crippen molar-refractivity contribution in [1.29, 1.82) is 0 Å². The molecule has 0 aromatic heterocycles. The van der Waals surface area contributed by atoms with Gasteiger partial charge in [-0.3, -0.25) is 4.79 Å². The Hall–Kier alpha value is -1.62. The summed E-state index contributed by atoms with van der Waals surface area (Å²) < 4.78 is 11.3. The molecule has 0 unspecified atom stereocenters. The maximum atomic E-state index is 11.9. The Labute approximate surface area is 132 Å². The Morgan fingerprint density at radius 3 is 2.48 bits per heavy atom. The summed E-state index contributed by atoms with van der Waals surface area (Å²) in [6.45, 7) is 5.37. The van der Waals surface area contributed by atoms with E-state index >= 15 is 0 Å². The summed E-state index contributed by atoms with van der Waals surface area (Å²) in [5.41, 5.74) is 0.716. The second-order valence-electron chi connectivity index (χ2n) is 5.88. The fourth-order valence-electron chi connectivity index (χ4n) is 1.79. The summed E-state index contributed by atoms with van der Waals surface area (Å²) in [7, 11) is 0. The average Bonchev–Trinajstić information content (AvgIpc) is 2.77. The van der Waals surface area contributed by atoms with Gasteiger partial charge in [-0.15, -0.1) is 0 Å². The third-order valence-electron chi connectivity index (χ3n) is 2.98. The molecule has 0 spiro atoms. The van der Waals surface area contributed by atoms with Gasteiger partial charge < -0.3 is 9.47 Å². The highest BCUT2D eigenvalue weighted by Gasteiger charge is 2.29. The molecule has 1 aliphatic heterocycles. The van der Waals surface area contributed by atoms with Crippen LogP contribution in [0.3, 0.4) is 0 Å². The van der Waals surface area contributed by atoms with Gasteiger partial charge in [-0.2, -0.15) is 0 Å². The van der Waals surface area contributed by atoms with E-state index in [1.54, 1.807) is 26.8 Å². The Balaban J connectivity index is 2.03. The molecular formula is C16H17BrO4. The summed E-state index contributed by atoms with van der Waals surface area (Å²) in [5, 5.41) is 0. The van der Waals surface area contributed by atoms with Crippen LogP contribution in [-0.4, -0.2) is 24.6 Å². The van der Waals surface area contributed by atoms with E-state index in [0.29, 0.717) is 5.57 Å². The van der Waals surface area contributed by atoms with Gasteiger partial charge in [0.25, 0.3) is 0 Å². The Morgan fingerprint density at radius 2 is 1.90 bits per heavy atom. The topological polar surface area (TPSA) is 52.6 Å². The molecule has 0 fully saturated rings. The van der Waals surface area contributed by atoms with Crippen molar-refractivity contribution in [2.75, 3.05) is 6.61 Å². The molecule has 0 amide bonds. The van der Waals surface area contributed by atoms with Gasteiger partial charge in [-0.25, -0.2) is 4.79 Å². The lowest BCUT2D eigenvalue weighted by Gasteiger charge is -2.17. The van der Waals surface area contributed by atoms with Gasteiger partial charge in [0.05, 0.1) is 11.0 Å². The van der Waals surface area contributed by atoms with Crippen LogP contribution in [0, 0.1) is 5.41 Å². The van der Waals surface area contributed by atoms with Crippen molar-refractivity contribution in [2.45, 2.75) is 26.9 Å². The highest BCUT2D eigenvalue weighted by molar-refractivity contribution is 9.10. The van der Waals surface area contributed by atoms with Gasteiger partial charge in [-0.05, 0) is 44.5 Å². The van der Waals surface area contributed by atoms with Crippen LogP contribution >= 0.6 is 15.9 Å². The van der Waals surface area contributed by atoms with Crippen LogP contribution in [0.25, 0.3) is 5.57 Å². The molecule has 0 radical (unpaired) electrons. The molecular weight excluding hydrogens is 336 g/mol. The van der Waals surface area contributed by atoms with Gasteiger partial charge >= 0.3 is 11.9 Å². The molecule has 4 nitrogen and oxygen atoms in total. The molecule has 1 aromatic rings. The normalized spacial score (nSPS) is 18.2. The SMILES string of the molecule is CC(C)(C)C(=O)OC[C@H]1C=C(c2ccc(Br)cc2)C(=O)O1. The van der Waals surface area contributed by atoms with E-state index in [9.17, 15) is 9.59 Å². The third kappa shape index (κ3) is 3.94. The van der Waals surface area contributed by atoms with Crippen LogP contribution in [0.2, 0.25) is 0 Å². The number of halogens is 1. The number of esters is 2. The number of carbonyl (C=O) groups is 2. The lowest BCUT2D eigenvalue weighted by atomic mass is 9.97. The molecule has 1 heterocycles. The predicted octanol–water partition coefficient (Wildman–Crippen LogP) is 3.35. The van der Waals surface area contributed by atoms with E-state index in [4.69, 9.17) is 9.47 Å². The molecule has 1 atom stereocenters. The Bertz CT molecular complexity index is 581. The molecule has 1 aliphatic rings. The monoisotopic (exact) mass is 352 g/mol. The van der Waals surface area contributed by atoms with E-state index in [1.807, 2.05) is 24.3 Å². The quantitative estimate of drug-likeness (QED) is 0.782. The van der Waals surface area contributed by atoms with E-state index in [0.717, 1.165) is 10.0 Å². The Morgan fingerprint density at radius 1 is 1.29 bits per heavy atom. The largest absolute Gasteiger partial charge is 0.461 e. The first-order valence-electron chi connectivity index (χ1n) is 6.63. The lowest BCUT2D eigenvalue weighted by molar-refractivity contribution is -0.158. The molecule has 5 heteroatoms. The highest BCUT2D eigenvalue weighted by atomic mass is 79.9. The predicted molar refractivity (Wildman–Crippen MR) is 82.4 cm³/mol. The van der Waals surface area contributed by atoms with Crippen molar-refractivity contribution >= 4 is 33.4 Å². The van der Waals surface area contributed by atoms with Crippen molar-refractivity contribution in [3.05, 3.63) is 40.4 Å². The molecule has 0 bridgehead atoms. The molecule has 112 valence electrons. The van der Waals surface area contributed by atoms with Gasteiger partial charge in [0, 0.05) is 4.47 Å². The summed E-state index contributed by atoms with van der Waals surface area (Å²) >= 11 is 3.35. The molecule has 21 heavy (non-hydrogen) atoms. The third-order valence-corrected chi connectivity index (χ3v) is 3.51. The van der Waals surface area contributed by atoms with Crippen molar-refractivity contribution < 1.29 is 19.1 Å². The number of hydrogen-bond acceptors (Lipinski definition) is 4. The van der Waals surface area contributed by atoms with Gasteiger partial charge in [0.2, 0.25) is 0 Å². The van der Waals surface area contributed by atoms with Crippen LogP contribution < -0.4 is 0 Å². The van der Waals surface area contributed by atoms with E-state index in [-0.39, 0.29) is 12.6 Å². The summed E-state index contributed by atoms with van der Waals surface area (Å²) in [5.74, 6) is -0.710. The molecule has 0 saturated heterocycles. The number of cyclic esters (lactones) is 1. The number of ether oxygens (including phenoxy) is 2. The van der Waals surface area contributed by atoms with Crippen molar-refractivity contribution in [1.82, 2.24) is 0 Å². The zero-order chi connectivity index (χ0) is 15.6. The van der Waals surface area contributed by atoms with Crippen molar-refractivity contribution in [2.24, 2.45) is 5.41 Å². The first kappa shape index (κ1) is 15.8. The highest BCUT2D eigenvalue weighted by Crippen LogP contribution is 2.26. The minimum absolute atomic E-state index is 0.0435. The number of benzene rings is 1. The van der Waals surface area contributed by atoms with E-state index in [1.165, 1.54) is 0 Å². The van der Waals surface area contributed by atoms with Gasteiger partial charge in [-0.1, -0.05) is 28.1 Å². The minimum atomic E-state index is -0.569. The second kappa shape index (κ2) is 6.02. The van der Waals surface area contributed by atoms with Crippen LogP contribution in [0.1, 0.15) is 26.3 Å². The zero-order valence-electron chi connectivity index (χ0n) is 12.2. The number of hydrogen-bond donors (Lipinski definition) is 0. The molecule has 0 aliphatic carbocycles. The van der Waals surface area contributed by atoms with Gasteiger partial charge in [0.1, 0.15) is 6.61 Å². The molecule has 0 N–H and O–H groups in total. The smallest absolute Gasteiger partial charge is 0.339 e. The minimum Gasteiger partial charge on any atom is -0.461 e. The lowest BCUT2D eigenvalue weighted by Crippen LogP contribution is -2.27.